The molecule has 4 aliphatic carbocycles. The predicted octanol–water partition coefficient (Wildman–Crippen LogP) is 2.82. The molecule has 2 unspecified atom stereocenters. The minimum absolute atomic E-state index is 0.0672. The minimum Gasteiger partial charge on any atom is -0.390 e. The lowest BCUT2D eigenvalue weighted by molar-refractivity contribution is -0.129. The number of fused-ring (bicyclic) bond motifs is 1. The van der Waals surface area contributed by atoms with Crippen molar-refractivity contribution in [2.24, 2.45) is 17.8 Å². The fourth-order valence-electron chi connectivity index (χ4n) is 6.82. The molecule has 7 rings (SSSR count). The summed E-state index contributed by atoms with van der Waals surface area (Å²) in [6.45, 7) is 1.39. The fourth-order valence-corrected chi connectivity index (χ4v) is 6.82. The van der Waals surface area contributed by atoms with Crippen molar-refractivity contribution in [1.29, 1.82) is 0 Å². The molecule has 1 amide bonds. The first-order chi connectivity index (χ1) is 14.6. The van der Waals surface area contributed by atoms with Gasteiger partial charge < -0.3 is 25.5 Å². The average Bonchev–Trinajstić information content (AvgIpc) is 3.19. The van der Waals surface area contributed by atoms with E-state index in [1.54, 1.807) is 6.20 Å². The quantitative estimate of drug-likeness (QED) is 0.621. The first kappa shape index (κ1) is 18.6. The maximum absolute atomic E-state index is 13.2. The van der Waals surface area contributed by atoms with Crippen molar-refractivity contribution < 1.29 is 14.6 Å². The number of carbonyl (C=O) groups is 1. The molecule has 1 saturated heterocycles. The van der Waals surface area contributed by atoms with Crippen molar-refractivity contribution in [3.8, 4) is 0 Å². The smallest absolute Gasteiger partial charge is 0.255 e. The van der Waals surface area contributed by atoms with E-state index in [2.05, 4.69) is 20.6 Å². The van der Waals surface area contributed by atoms with E-state index >= 15 is 0 Å². The molecule has 7 heteroatoms. The third kappa shape index (κ3) is 3.10. The van der Waals surface area contributed by atoms with Crippen LogP contribution in [0.4, 0.5) is 5.69 Å². The van der Waals surface area contributed by atoms with Crippen molar-refractivity contribution in [3.63, 3.8) is 0 Å². The summed E-state index contributed by atoms with van der Waals surface area (Å²) >= 11 is 0. The van der Waals surface area contributed by atoms with Gasteiger partial charge in [-0.3, -0.25) is 4.79 Å². The van der Waals surface area contributed by atoms with Crippen molar-refractivity contribution in [2.75, 3.05) is 18.5 Å². The normalized spacial score (nSPS) is 35.6. The summed E-state index contributed by atoms with van der Waals surface area (Å²) in [5, 5.41) is 18.9. The topological polar surface area (TPSA) is 99.3 Å². The lowest BCUT2D eigenvalue weighted by Crippen LogP contribution is -2.59. The van der Waals surface area contributed by atoms with Gasteiger partial charge in [-0.15, -0.1) is 0 Å². The average molecular weight is 411 g/mol. The van der Waals surface area contributed by atoms with Crippen molar-refractivity contribution in [3.05, 3.63) is 24.0 Å². The highest BCUT2D eigenvalue weighted by Gasteiger charge is 2.54. The highest BCUT2D eigenvalue weighted by Crippen LogP contribution is 2.56. The SMILES string of the molecule is O=C(NC1CCOCC1)c1cnc2[nH]ccc2c1NC1C2CC3CC1CC(O)(C3)C2. The lowest BCUT2D eigenvalue weighted by atomic mass is 9.52. The lowest BCUT2D eigenvalue weighted by Gasteiger charge is -2.58. The van der Waals surface area contributed by atoms with Crippen molar-refractivity contribution >= 4 is 22.6 Å². The van der Waals surface area contributed by atoms with Gasteiger partial charge in [0.25, 0.3) is 5.91 Å². The maximum atomic E-state index is 13.2. The second-order valence-corrected chi connectivity index (χ2v) is 10.0. The molecule has 2 aromatic rings. The number of aliphatic hydroxyl groups is 1. The second kappa shape index (κ2) is 6.95. The van der Waals surface area contributed by atoms with Crippen LogP contribution in [0.5, 0.6) is 0 Å². The van der Waals surface area contributed by atoms with E-state index in [4.69, 9.17) is 4.74 Å². The van der Waals surface area contributed by atoms with Gasteiger partial charge in [-0.1, -0.05) is 0 Å². The van der Waals surface area contributed by atoms with E-state index < -0.39 is 5.60 Å². The number of H-pyrrole nitrogens is 1. The Hall–Kier alpha value is -2.12. The van der Waals surface area contributed by atoms with Crippen LogP contribution in [-0.4, -0.2) is 51.9 Å². The van der Waals surface area contributed by atoms with E-state index in [9.17, 15) is 9.90 Å². The number of carbonyl (C=O) groups excluding carboxylic acids is 1. The van der Waals surface area contributed by atoms with Crippen LogP contribution in [-0.2, 0) is 4.74 Å². The number of nitrogens with one attached hydrogen (secondary N) is 3. The number of ether oxygens (including phenoxy) is 1. The number of anilines is 1. The Labute approximate surface area is 176 Å². The molecular formula is C23H30N4O3. The molecule has 5 aliphatic rings. The number of hydrogen-bond donors (Lipinski definition) is 4. The van der Waals surface area contributed by atoms with Crippen LogP contribution < -0.4 is 10.6 Å². The third-order valence-corrected chi connectivity index (χ3v) is 7.94. The van der Waals surface area contributed by atoms with E-state index in [1.807, 2.05) is 12.3 Å². The molecule has 3 heterocycles. The molecule has 2 aromatic heterocycles. The van der Waals surface area contributed by atoms with Crippen LogP contribution in [0, 0.1) is 17.8 Å². The molecule has 160 valence electrons. The number of hydrogen-bond acceptors (Lipinski definition) is 5. The summed E-state index contributed by atoms with van der Waals surface area (Å²) in [7, 11) is 0. The number of pyridine rings is 1. The number of aromatic nitrogens is 2. The fraction of sp³-hybridized carbons (Fsp3) is 0.652. The van der Waals surface area contributed by atoms with Crippen LogP contribution in [0.1, 0.15) is 55.3 Å². The molecule has 2 atom stereocenters. The van der Waals surface area contributed by atoms with Crippen molar-refractivity contribution in [2.45, 2.75) is 62.6 Å². The molecule has 30 heavy (non-hydrogen) atoms. The number of amides is 1. The van der Waals surface area contributed by atoms with Gasteiger partial charge in [0, 0.05) is 43.1 Å². The summed E-state index contributed by atoms with van der Waals surface area (Å²) in [6, 6.07) is 2.45. The zero-order valence-electron chi connectivity index (χ0n) is 17.2. The van der Waals surface area contributed by atoms with Gasteiger partial charge in [0.2, 0.25) is 0 Å². The third-order valence-electron chi connectivity index (χ3n) is 7.94. The van der Waals surface area contributed by atoms with E-state index in [1.165, 1.54) is 12.8 Å². The van der Waals surface area contributed by atoms with Crippen molar-refractivity contribution in [1.82, 2.24) is 15.3 Å². The predicted molar refractivity (Wildman–Crippen MR) is 113 cm³/mol. The zero-order valence-corrected chi connectivity index (χ0v) is 17.2. The van der Waals surface area contributed by atoms with Gasteiger partial charge in [0.1, 0.15) is 5.65 Å². The standard InChI is InChI=1S/C23H30N4O3/c28-22(26-16-2-5-30-6-3-16)18-12-25-21-17(1-4-24-21)20(18)27-19-14-7-13-8-15(19)11-23(29,9-13)10-14/h1,4,12-16,19,29H,2-3,5-11H2,(H,26,28)(H2,24,25,27). The largest absolute Gasteiger partial charge is 0.390 e. The molecule has 0 spiro atoms. The van der Waals surface area contributed by atoms with Gasteiger partial charge in [0.05, 0.1) is 16.9 Å². The molecule has 0 radical (unpaired) electrons. The Balaban J connectivity index is 1.31. The first-order valence-corrected chi connectivity index (χ1v) is 11.4. The summed E-state index contributed by atoms with van der Waals surface area (Å²) < 4.78 is 5.42. The van der Waals surface area contributed by atoms with Gasteiger partial charge in [-0.05, 0) is 68.8 Å². The summed E-state index contributed by atoms with van der Waals surface area (Å²) in [5.74, 6) is 1.53. The summed E-state index contributed by atoms with van der Waals surface area (Å²) in [5.41, 5.74) is 1.83. The Morgan fingerprint density at radius 2 is 1.97 bits per heavy atom. The Bertz CT molecular complexity index is 951. The number of aromatic amines is 1. The molecule has 0 aromatic carbocycles. The van der Waals surface area contributed by atoms with E-state index in [0.29, 0.717) is 42.6 Å². The molecular weight excluding hydrogens is 380 g/mol. The van der Waals surface area contributed by atoms with Crippen LogP contribution in [0.25, 0.3) is 11.0 Å². The minimum atomic E-state index is -0.459. The molecule has 4 saturated carbocycles. The summed E-state index contributed by atoms with van der Waals surface area (Å²) in [6.07, 6.45) is 10.4. The highest BCUT2D eigenvalue weighted by molar-refractivity contribution is 6.06. The van der Waals surface area contributed by atoms with Crippen LogP contribution >= 0.6 is 0 Å². The monoisotopic (exact) mass is 410 g/mol. The van der Waals surface area contributed by atoms with E-state index in [0.717, 1.165) is 48.8 Å². The first-order valence-electron chi connectivity index (χ1n) is 11.4. The number of rotatable bonds is 4. The van der Waals surface area contributed by atoms with Crippen LogP contribution in [0.2, 0.25) is 0 Å². The van der Waals surface area contributed by atoms with Gasteiger partial charge in [0.15, 0.2) is 0 Å². The van der Waals surface area contributed by atoms with Crippen LogP contribution in [0.15, 0.2) is 18.5 Å². The van der Waals surface area contributed by atoms with Gasteiger partial charge in [-0.2, -0.15) is 0 Å². The number of nitrogens with zero attached hydrogens (tertiary/aromatic N) is 1. The maximum Gasteiger partial charge on any atom is 0.255 e. The molecule has 4 N–H and O–H groups in total. The van der Waals surface area contributed by atoms with E-state index in [-0.39, 0.29) is 11.9 Å². The Morgan fingerprint density at radius 1 is 1.20 bits per heavy atom. The Kier molecular flexibility index (Phi) is 4.32. The highest BCUT2D eigenvalue weighted by atomic mass is 16.5. The molecule has 5 fully saturated rings. The summed E-state index contributed by atoms with van der Waals surface area (Å²) in [4.78, 5) is 20.9. The van der Waals surface area contributed by atoms with Gasteiger partial charge >= 0.3 is 0 Å². The van der Waals surface area contributed by atoms with Crippen LogP contribution in [0.3, 0.4) is 0 Å². The zero-order chi connectivity index (χ0) is 20.3. The Morgan fingerprint density at radius 3 is 2.70 bits per heavy atom. The molecule has 4 bridgehead atoms. The van der Waals surface area contributed by atoms with Gasteiger partial charge in [-0.25, -0.2) is 4.98 Å². The molecule has 7 nitrogen and oxygen atoms in total. The second-order valence-electron chi connectivity index (χ2n) is 10.0. The molecule has 1 aliphatic heterocycles.